The molecule has 0 bridgehead atoms. The molecule has 1 aliphatic rings. The first-order valence-electron chi connectivity index (χ1n) is 8.58. The fraction of sp³-hybridized carbons (Fsp3) is 0.300. The highest BCUT2D eigenvalue weighted by Gasteiger charge is 2.20. The van der Waals surface area contributed by atoms with Gasteiger partial charge in [0.1, 0.15) is 11.1 Å². The standard InChI is InChI=1S/C20H18Cl2N2OS/c21-16-7-5-8-17(22)14(16)10-11-19(25)24-20-15(12-23)13-6-3-1-2-4-9-18(13)26-20/h5,7-8,10-11H,1-4,6,9H2,(H,24,25)/b11-10+. The Morgan fingerprint density at radius 1 is 1.15 bits per heavy atom. The molecular formula is C20H18Cl2N2OS. The number of thiophene rings is 1. The van der Waals surface area contributed by atoms with Crippen LogP contribution in [0, 0.1) is 11.3 Å². The minimum atomic E-state index is -0.299. The topological polar surface area (TPSA) is 52.9 Å². The molecule has 3 nitrogen and oxygen atoms in total. The number of anilines is 1. The summed E-state index contributed by atoms with van der Waals surface area (Å²) in [6, 6.07) is 7.47. The third kappa shape index (κ3) is 4.29. The molecule has 3 rings (SSSR count). The Kier molecular flexibility index (Phi) is 6.37. The summed E-state index contributed by atoms with van der Waals surface area (Å²) < 4.78 is 0. The lowest BCUT2D eigenvalue weighted by atomic mass is 9.97. The lowest BCUT2D eigenvalue weighted by Crippen LogP contribution is -2.07. The van der Waals surface area contributed by atoms with Gasteiger partial charge in [-0.2, -0.15) is 5.26 Å². The lowest BCUT2D eigenvalue weighted by Gasteiger charge is -2.08. The van der Waals surface area contributed by atoms with Crippen molar-refractivity contribution >= 4 is 51.5 Å². The second-order valence-corrected chi connectivity index (χ2v) is 8.11. The van der Waals surface area contributed by atoms with Crippen LogP contribution in [0.5, 0.6) is 0 Å². The highest BCUT2D eigenvalue weighted by molar-refractivity contribution is 7.16. The van der Waals surface area contributed by atoms with E-state index in [4.69, 9.17) is 23.2 Å². The van der Waals surface area contributed by atoms with Gasteiger partial charge in [0.2, 0.25) is 5.91 Å². The first-order valence-corrected chi connectivity index (χ1v) is 10.1. The summed E-state index contributed by atoms with van der Waals surface area (Å²) in [4.78, 5) is 13.6. The second kappa shape index (κ2) is 8.73. The number of carbonyl (C=O) groups is 1. The number of halogens is 2. The fourth-order valence-electron chi connectivity index (χ4n) is 3.11. The molecule has 1 aromatic heterocycles. The maximum absolute atomic E-state index is 12.3. The van der Waals surface area contributed by atoms with E-state index in [-0.39, 0.29) is 5.91 Å². The monoisotopic (exact) mass is 404 g/mol. The van der Waals surface area contributed by atoms with Crippen molar-refractivity contribution < 1.29 is 4.79 Å². The van der Waals surface area contributed by atoms with Crippen LogP contribution in [0.25, 0.3) is 6.08 Å². The SMILES string of the molecule is N#Cc1c(NC(=O)/C=C/c2c(Cl)cccc2Cl)sc2c1CCCCCC2. The van der Waals surface area contributed by atoms with Gasteiger partial charge in [-0.1, -0.05) is 42.1 Å². The molecule has 0 atom stereocenters. The first-order chi connectivity index (χ1) is 12.6. The molecule has 1 heterocycles. The number of hydrogen-bond donors (Lipinski definition) is 1. The largest absolute Gasteiger partial charge is 0.313 e. The van der Waals surface area contributed by atoms with Crippen LogP contribution in [0.2, 0.25) is 10.0 Å². The highest BCUT2D eigenvalue weighted by Crippen LogP contribution is 2.36. The van der Waals surface area contributed by atoms with E-state index in [0.29, 0.717) is 26.2 Å². The molecule has 0 spiro atoms. The average molecular weight is 405 g/mol. The van der Waals surface area contributed by atoms with Crippen LogP contribution in [0.15, 0.2) is 24.3 Å². The molecule has 0 radical (unpaired) electrons. The van der Waals surface area contributed by atoms with Gasteiger partial charge < -0.3 is 5.32 Å². The zero-order chi connectivity index (χ0) is 18.5. The zero-order valence-corrected chi connectivity index (χ0v) is 16.5. The maximum atomic E-state index is 12.3. The second-order valence-electron chi connectivity index (χ2n) is 6.19. The summed E-state index contributed by atoms with van der Waals surface area (Å²) in [7, 11) is 0. The third-order valence-corrected chi connectivity index (χ3v) is 6.29. The van der Waals surface area contributed by atoms with E-state index in [1.165, 1.54) is 35.1 Å². The summed E-state index contributed by atoms with van der Waals surface area (Å²) in [6.07, 6.45) is 9.53. The summed E-state index contributed by atoms with van der Waals surface area (Å²) in [6.45, 7) is 0. The van der Waals surface area contributed by atoms with Gasteiger partial charge in [0.05, 0.1) is 5.56 Å². The van der Waals surface area contributed by atoms with Gasteiger partial charge in [0, 0.05) is 26.6 Å². The van der Waals surface area contributed by atoms with Gasteiger partial charge in [-0.3, -0.25) is 4.79 Å². The molecule has 1 amide bonds. The lowest BCUT2D eigenvalue weighted by molar-refractivity contribution is -0.111. The summed E-state index contributed by atoms with van der Waals surface area (Å²) in [5.74, 6) is -0.299. The van der Waals surface area contributed by atoms with Crippen molar-refractivity contribution in [1.82, 2.24) is 0 Å². The molecule has 1 aliphatic carbocycles. The Labute approximate surface area is 167 Å². The molecule has 1 aromatic carbocycles. The van der Waals surface area contributed by atoms with Gasteiger partial charge >= 0.3 is 0 Å². The van der Waals surface area contributed by atoms with Gasteiger partial charge in [-0.05, 0) is 49.5 Å². The van der Waals surface area contributed by atoms with E-state index in [0.717, 1.165) is 31.2 Å². The van der Waals surface area contributed by atoms with Crippen molar-refractivity contribution in [3.05, 3.63) is 55.9 Å². The molecule has 0 aliphatic heterocycles. The van der Waals surface area contributed by atoms with Gasteiger partial charge in [-0.15, -0.1) is 11.3 Å². The molecule has 2 aromatic rings. The van der Waals surface area contributed by atoms with E-state index in [1.807, 2.05) is 0 Å². The Morgan fingerprint density at radius 3 is 2.54 bits per heavy atom. The zero-order valence-electron chi connectivity index (χ0n) is 14.1. The van der Waals surface area contributed by atoms with Gasteiger partial charge in [0.25, 0.3) is 0 Å². The maximum Gasteiger partial charge on any atom is 0.249 e. The number of hydrogen-bond acceptors (Lipinski definition) is 3. The van der Waals surface area contributed by atoms with E-state index in [9.17, 15) is 10.1 Å². The Bertz CT molecular complexity index is 876. The Morgan fingerprint density at radius 2 is 1.85 bits per heavy atom. The fourth-order valence-corrected chi connectivity index (χ4v) is 4.87. The predicted octanol–water partition coefficient (Wildman–Crippen LogP) is 6.24. The normalized spacial score (nSPS) is 14.3. The van der Waals surface area contributed by atoms with Crippen LogP contribution >= 0.6 is 34.5 Å². The molecular weight excluding hydrogens is 387 g/mol. The predicted molar refractivity (Wildman–Crippen MR) is 109 cm³/mol. The Hall–Kier alpha value is -1.80. The molecule has 26 heavy (non-hydrogen) atoms. The van der Waals surface area contributed by atoms with Crippen molar-refractivity contribution in [3.63, 3.8) is 0 Å². The summed E-state index contributed by atoms with van der Waals surface area (Å²) >= 11 is 13.7. The van der Waals surface area contributed by atoms with Crippen molar-refractivity contribution in [1.29, 1.82) is 5.26 Å². The molecule has 0 saturated heterocycles. The molecule has 0 saturated carbocycles. The number of nitriles is 1. The smallest absolute Gasteiger partial charge is 0.249 e. The van der Waals surface area contributed by atoms with Crippen LogP contribution in [0.3, 0.4) is 0 Å². The van der Waals surface area contributed by atoms with Crippen LogP contribution in [0.1, 0.15) is 47.3 Å². The van der Waals surface area contributed by atoms with Gasteiger partial charge in [0.15, 0.2) is 0 Å². The first kappa shape index (κ1) is 19.0. The van der Waals surface area contributed by atoms with Crippen molar-refractivity contribution in [3.8, 4) is 6.07 Å². The van der Waals surface area contributed by atoms with Crippen LogP contribution < -0.4 is 5.32 Å². The number of carbonyl (C=O) groups excluding carboxylic acids is 1. The van der Waals surface area contributed by atoms with E-state index in [1.54, 1.807) is 24.3 Å². The number of fused-ring (bicyclic) bond motifs is 1. The van der Waals surface area contributed by atoms with Crippen LogP contribution in [-0.4, -0.2) is 5.91 Å². The van der Waals surface area contributed by atoms with Crippen molar-refractivity contribution in [2.45, 2.75) is 38.5 Å². The number of benzene rings is 1. The molecule has 0 fully saturated rings. The Balaban J connectivity index is 1.80. The quantitative estimate of drug-likeness (QED) is 0.615. The van der Waals surface area contributed by atoms with E-state index < -0.39 is 0 Å². The summed E-state index contributed by atoms with van der Waals surface area (Å²) in [5, 5.41) is 14.0. The number of aryl methyl sites for hydroxylation is 1. The van der Waals surface area contributed by atoms with Gasteiger partial charge in [-0.25, -0.2) is 0 Å². The minimum Gasteiger partial charge on any atom is -0.313 e. The number of rotatable bonds is 3. The minimum absolute atomic E-state index is 0.299. The average Bonchev–Trinajstić information content (AvgIpc) is 2.90. The molecule has 134 valence electrons. The number of amides is 1. The number of nitrogens with zero attached hydrogens (tertiary/aromatic N) is 1. The highest BCUT2D eigenvalue weighted by atomic mass is 35.5. The molecule has 6 heteroatoms. The molecule has 1 N–H and O–H groups in total. The van der Waals surface area contributed by atoms with Crippen LogP contribution in [-0.2, 0) is 17.6 Å². The van der Waals surface area contributed by atoms with Crippen molar-refractivity contribution in [2.24, 2.45) is 0 Å². The van der Waals surface area contributed by atoms with E-state index >= 15 is 0 Å². The summed E-state index contributed by atoms with van der Waals surface area (Å²) in [5.41, 5.74) is 2.33. The molecule has 0 unspecified atom stereocenters. The number of nitrogens with one attached hydrogen (secondary N) is 1. The van der Waals surface area contributed by atoms with Crippen molar-refractivity contribution in [2.75, 3.05) is 5.32 Å². The van der Waals surface area contributed by atoms with E-state index in [2.05, 4.69) is 11.4 Å². The van der Waals surface area contributed by atoms with Crippen LogP contribution in [0.4, 0.5) is 5.00 Å². The third-order valence-electron chi connectivity index (χ3n) is 4.42.